The number of hydrogen-bond donors (Lipinski definition) is 1. The molecule has 0 aliphatic carbocycles. The topological polar surface area (TPSA) is 60.5 Å². The van der Waals surface area contributed by atoms with Crippen molar-refractivity contribution >= 4 is 38.4 Å². The maximum absolute atomic E-state index is 13.4. The lowest BCUT2D eigenvalue weighted by molar-refractivity contribution is 0.102. The summed E-state index contributed by atoms with van der Waals surface area (Å²) in [6, 6.07) is 20.9. The van der Waals surface area contributed by atoms with Crippen LogP contribution in [0, 0.1) is 6.92 Å². The Bertz CT molecular complexity index is 1270. The lowest BCUT2D eigenvalue weighted by Crippen LogP contribution is -2.14. The number of rotatable bonds is 5. The second-order valence-electron chi connectivity index (χ2n) is 7.10. The molecule has 3 aromatic carbocycles. The van der Waals surface area contributed by atoms with Crippen LogP contribution in [0.1, 0.15) is 15.9 Å². The van der Waals surface area contributed by atoms with E-state index in [0.29, 0.717) is 22.7 Å². The van der Waals surface area contributed by atoms with Crippen LogP contribution in [-0.2, 0) is 0 Å². The summed E-state index contributed by atoms with van der Waals surface area (Å²) in [5, 5.41) is 3.73. The molecular weight excluding hydrogens is 456 g/mol. The molecule has 1 heterocycles. The number of ether oxygens (including phenoxy) is 2. The summed E-state index contributed by atoms with van der Waals surface area (Å²) in [7, 11) is 3.14. The summed E-state index contributed by atoms with van der Waals surface area (Å²) < 4.78 is 11.5. The Hall–Kier alpha value is -3.38. The van der Waals surface area contributed by atoms with Gasteiger partial charge in [0.05, 0.1) is 36.7 Å². The normalized spacial score (nSPS) is 10.7. The van der Waals surface area contributed by atoms with Crippen molar-refractivity contribution in [3.8, 4) is 22.8 Å². The maximum Gasteiger partial charge on any atom is 0.256 e. The Labute approximate surface area is 189 Å². The molecule has 4 aromatic rings. The van der Waals surface area contributed by atoms with Gasteiger partial charge in [0.2, 0.25) is 0 Å². The molecule has 0 radical (unpaired) electrons. The van der Waals surface area contributed by atoms with Crippen LogP contribution in [0.2, 0.25) is 0 Å². The first-order valence-corrected chi connectivity index (χ1v) is 10.5. The third-order valence-corrected chi connectivity index (χ3v) is 5.51. The first-order valence-electron chi connectivity index (χ1n) is 9.69. The third kappa shape index (κ3) is 4.39. The van der Waals surface area contributed by atoms with E-state index >= 15 is 0 Å². The molecule has 0 saturated carbocycles. The van der Waals surface area contributed by atoms with Gasteiger partial charge in [0.1, 0.15) is 11.5 Å². The van der Waals surface area contributed by atoms with Gasteiger partial charge in [0.25, 0.3) is 5.91 Å². The number of hydrogen-bond acceptors (Lipinski definition) is 4. The van der Waals surface area contributed by atoms with Gasteiger partial charge in [0, 0.05) is 21.5 Å². The zero-order chi connectivity index (χ0) is 22.0. The molecule has 0 atom stereocenters. The Balaban J connectivity index is 1.80. The molecule has 4 rings (SSSR count). The van der Waals surface area contributed by atoms with Crippen LogP contribution in [0.15, 0.2) is 71.2 Å². The molecule has 6 heteroatoms. The van der Waals surface area contributed by atoms with Gasteiger partial charge in [-0.2, -0.15) is 0 Å². The molecule has 1 N–H and O–H groups in total. The van der Waals surface area contributed by atoms with Crippen molar-refractivity contribution in [3.05, 3.63) is 82.3 Å². The smallest absolute Gasteiger partial charge is 0.256 e. The SMILES string of the molecule is COc1ccc(NC(=O)c2cc(-c3ccc(C)cc3)nc3ccc(Br)cc23)c(OC)c1. The maximum atomic E-state index is 13.4. The number of methoxy groups -OCH3 is 2. The van der Waals surface area contributed by atoms with E-state index in [2.05, 4.69) is 21.2 Å². The van der Waals surface area contributed by atoms with E-state index in [-0.39, 0.29) is 5.91 Å². The molecule has 0 aliphatic rings. The number of benzene rings is 3. The molecule has 0 spiro atoms. The molecule has 1 amide bonds. The first kappa shape index (κ1) is 20.9. The average molecular weight is 477 g/mol. The quantitative estimate of drug-likeness (QED) is 0.370. The largest absolute Gasteiger partial charge is 0.497 e. The zero-order valence-electron chi connectivity index (χ0n) is 17.4. The van der Waals surface area contributed by atoms with Crippen LogP contribution in [0.5, 0.6) is 11.5 Å². The summed E-state index contributed by atoms with van der Waals surface area (Å²) in [6.45, 7) is 2.04. The van der Waals surface area contributed by atoms with Gasteiger partial charge in [0.15, 0.2) is 0 Å². The van der Waals surface area contributed by atoms with Crippen LogP contribution in [0.25, 0.3) is 22.2 Å². The zero-order valence-corrected chi connectivity index (χ0v) is 19.0. The van der Waals surface area contributed by atoms with Crippen molar-refractivity contribution < 1.29 is 14.3 Å². The van der Waals surface area contributed by atoms with Gasteiger partial charge in [-0.1, -0.05) is 45.8 Å². The number of carbonyl (C=O) groups is 1. The Morgan fingerprint density at radius 3 is 2.42 bits per heavy atom. The second-order valence-corrected chi connectivity index (χ2v) is 8.02. The number of aryl methyl sites for hydroxylation is 1. The monoisotopic (exact) mass is 476 g/mol. The molecule has 0 bridgehead atoms. The number of nitrogens with one attached hydrogen (secondary N) is 1. The van der Waals surface area contributed by atoms with Crippen molar-refractivity contribution in [1.29, 1.82) is 0 Å². The van der Waals surface area contributed by atoms with Crippen molar-refractivity contribution in [2.75, 3.05) is 19.5 Å². The Kier molecular flexibility index (Phi) is 5.91. The second kappa shape index (κ2) is 8.78. The average Bonchev–Trinajstić information content (AvgIpc) is 2.79. The molecule has 31 heavy (non-hydrogen) atoms. The van der Waals surface area contributed by atoms with Gasteiger partial charge in [-0.3, -0.25) is 4.79 Å². The summed E-state index contributed by atoms with van der Waals surface area (Å²) in [6.07, 6.45) is 0. The summed E-state index contributed by atoms with van der Waals surface area (Å²) in [5.74, 6) is 0.920. The molecule has 0 aliphatic heterocycles. The molecule has 156 valence electrons. The molecule has 0 unspecified atom stereocenters. The van der Waals surface area contributed by atoms with Gasteiger partial charge in [-0.05, 0) is 43.3 Å². The fourth-order valence-electron chi connectivity index (χ4n) is 3.35. The number of nitrogens with zero attached hydrogens (tertiary/aromatic N) is 1. The molecule has 0 fully saturated rings. The van der Waals surface area contributed by atoms with Gasteiger partial charge >= 0.3 is 0 Å². The van der Waals surface area contributed by atoms with Crippen LogP contribution in [-0.4, -0.2) is 25.1 Å². The molecular formula is C25H21BrN2O3. The van der Waals surface area contributed by atoms with Crippen LogP contribution >= 0.6 is 15.9 Å². The molecule has 0 saturated heterocycles. The lowest BCUT2D eigenvalue weighted by atomic mass is 10.0. The fraction of sp³-hybridized carbons (Fsp3) is 0.120. The minimum atomic E-state index is -0.248. The number of fused-ring (bicyclic) bond motifs is 1. The molecule has 1 aromatic heterocycles. The highest BCUT2D eigenvalue weighted by molar-refractivity contribution is 9.10. The third-order valence-electron chi connectivity index (χ3n) is 5.02. The van der Waals surface area contributed by atoms with E-state index < -0.39 is 0 Å². The number of anilines is 1. The summed E-state index contributed by atoms with van der Waals surface area (Å²) in [4.78, 5) is 18.1. The Morgan fingerprint density at radius 2 is 1.71 bits per heavy atom. The van der Waals surface area contributed by atoms with Gasteiger partial charge < -0.3 is 14.8 Å². The highest BCUT2D eigenvalue weighted by Crippen LogP contribution is 2.31. The van der Waals surface area contributed by atoms with Crippen LogP contribution in [0.4, 0.5) is 5.69 Å². The minimum absolute atomic E-state index is 0.248. The van der Waals surface area contributed by atoms with E-state index in [0.717, 1.165) is 32.2 Å². The predicted octanol–water partition coefficient (Wildman–Crippen LogP) is 6.24. The van der Waals surface area contributed by atoms with E-state index in [9.17, 15) is 4.79 Å². The van der Waals surface area contributed by atoms with E-state index in [4.69, 9.17) is 14.5 Å². The summed E-state index contributed by atoms with van der Waals surface area (Å²) >= 11 is 3.50. The molecule has 5 nitrogen and oxygen atoms in total. The van der Waals surface area contributed by atoms with Crippen LogP contribution in [0.3, 0.4) is 0 Å². The van der Waals surface area contributed by atoms with Crippen molar-refractivity contribution in [1.82, 2.24) is 4.98 Å². The van der Waals surface area contributed by atoms with Crippen molar-refractivity contribution in [2.45, 2.75) is 6.92 Å². The number of halogens is 1. The van der Waals surface area contributed by atoms with Gasteiger partial charge in [-0.25, -0.2) is 4.98 Å². The van der Waals surface area contributed by atoms with E-state index in [1.54, 1.807) is 32.4 Å². The minimum Gasteiger partial charge on any atom is -0.497 e. The predicted molar refractivity (Wildman–Crippen MR) is 127 cm³/mol. The van der Waals surface area contributed by atoms with Crippen molar-refractivity contribution in [3.63, 3.8) is 0 Å². The number of carbonyl (C=O) groups excluding carboxylic acids is 1. The number of pyridine rings is 1. The summed E-state index contributed by atoms with van der Waals surface area (Å²) in [5.41, 5.74) is 4.68. The Morgan fingerprint density at radius 1 is 0.935 bits per heavy atom. The van der Waals surface area contributed by atoms with E-state index in [1.807, 2.05) is 55.5 Å². The van der Waals surface area contributed by atoms with E-state index in [1.165, 1.54) is 0 Å². The number of aromatic nitrogens is 1. The van der Waals surface area contributed by atoms with Crippen molar-refractivity contribution in [2.24, 2.45) is 0 Å². The first-order chi connectivity index (χ1) is 15.0. The highest BCUT2D eigenvalue weighted by atomic mass is 79.9. The number of amides is 1. The standard InChI is InChI=1S/C25H21BrN2O3/c1-15-4-6-16(7-5-15)23-14-20(19-12-17(26)8-10-21(19)27-23)25(29)28-22-11-9-18(30-2)13-24(22)31-3/h4-14H,1-3H3,(H,28,29). The van der Waals surface area contributed by atoms with Crippen LogP contribution < -0.4 is 14.8 Å². The highest BCUT2D eigenvalue weighted by Gasteiger charge is 2.17. The lowest BCUT2D eigenvalue weighted by Gasteiger charge is -2.14. The fourth-order valence-corrected chi connectivity index (χ4v) is 3.71. The van der Waals surface area contributed by atoms with Gasteiger partial charge in [-0.15, -0.1) is 0 Å².